The van der Waals surface area contributed by atoms with Crippen LogP contribution in [0.4, 0.5) is 0 Å². The molecular formula is C28H22I2N8O2S. The Labute approximate surface area is 262 Å². The quantitative estimate of drug-likeness (QED) is 0.224. The average Bonchev–Trinajstić information content (AvgIpc) is 3.77. The Morgan fingerprint density at radius 1 is 0.732 bits per heavy atom. The van der Waals surface area contributed by atoms with Crippen LogP contribution in [0, 0.1) is 7.14 Å². The summed E-state index contributed by atoms with van der Waals surface area (Å²) in [6, 6.07) is 12.4. The SMILES string of the molecule is Cn1cc(-c2cnc3[nH]cc(I)c3c2)cn1.Cn1cc(-c2cnc3c(c2)c(I)cn3S(=O)(=O)c2ccccc2)cn1. The number of hydrogen-bond donors (Lipinski definition) is 1. The summed E-state index contributed by atoms with van der Waals surface area (Å²) >= 11 is 4.44. The summed E-state index contributed by atoms with van der Waals surface area (Å²) < 4.78 is 32.6. The highest BCUT2D eigenvalue weighted by Crippen LogP contribution is 2.29. The molecule has 7 aromatic rings. The van der Waals surface area contributed by atoms with Crippen molar-refractivity contribution in [3.63, 3.8) is 0 Å². The molecule has 206 valence electrons. The van der Waals surface area contributed by atoms with E-state index in [1.807, 2.05) is 51.1 Å². The minimum atomic E-state index is -3.69. The first-order valence-corrected chi connectivity index (χ1v) is 15.9. The van der Waals surface area contributed by atoms with Crippen molar-refractivity contribution in [2.75, 3.05) is 0 Å². The van der Waals surface area contributed by atoms with Crippen LogP contribution >= 0.6 is 45.2 Å². The number of nitrogens with zero attached hydrogens (tertiary/aromatic N) is 7. The Kier molecular flexibility index (Phi) is 7.41. The van der Waals surface area contributed by atoms with Crippen LogP contribution in [-0.4, -0.2) is 46.9 Å². The molecule has 0 amide bonds. The van der Waals surface area contributed by atoms with Gasteiger partial charge in [-0.2, -0.15) is 10.2 Å². The first kappa shape index (κ1) is 27.6. The van der Waals surface area contributed by atoms with E-state index in [0.29, 0.717) is 5.65 Å². The third-order valence-corrected chi connectivity index (χ3v) is 9.84. The molecule has 6 heterocycles. The highest BCUT2D eigenvalue weighted by Gasteiger charge is 2.22. The highest BCUT2D eigenvalue weighted by atomic mass is 127. The van der Waals surface area contributed by atoms with E-state index in [-0.39, 0.29) is 4.90 Å². The van der Waals surface area contributed by atoms with Crippen LogP contribution in [0.1, 0.15) is 0 Å². The number of aromatic nitrogens is 8. The monoisotopic (exact) mass is 788 g/mol. The number of aryl methyl sites for hydroxylation is 2. The maximum atomic E-state index is 12.9. The largest absolute Gasteiger partial charge is 0.345 e. The number of halogens is 2. The Hall–Kier alpha value is -3.57. The van der Waals surface area contributed by atoms with E-state index >= 15 is 0 Å². The molecule has 6 aromatic heterocycles. The highest BCUT2D eigenvalue weighted by molar-refractivity contribution is 14.1. The molecule has 0 spiro atoms. The van der Waals surface area contributed by atoms with Crippen molar-refractivity contribution in [1.82, 2.24) is 38.5 Å². The van der Waals surface area contributed by atoms with Crippen LogP contribution in [0.5, 0.6) is 0 Å². The lowest BCUT2D eigenvalue weighted by atomic mass is 10.1. The molecule has 0 radical (unpaired) electrons. The van der Waals surface area contributed by atoms with E-state index < -0.39 is 10.0 Å². The zero-order chi connectivity index (χ0) is 28.7. The van der Waals surface area contributed by atoms with Crippen LogP contribution in [0.3, 0.4) is 0 Å². The topological polar surface area (TPSA) is 116 Å². The normalized spacial score (nSPS) is 11.6. The van der Waals surface area contributed by atoms with Gasteiger partial charge in [-0.3, -0.25) is 9.36 Å². The zero-order valence-electron chi connectivity index (χ0n) is 21.8. The van der Waals surface area contributed by atoms with Gasteiger partial charge in [-0.15, -0.1) is 0 Å². The minimum Gasteiger partial charge on any atom is -0.345 e. The lowest BCUT2D eigenvalue weighted by Crippen LogP contribution is -2.12. The Bertz CT molecular complexity index is 2130. The molecule has 7 rings (SSSR count). The zero-order valence-corrected chi connectivity index (χ0v) is 26.9. The second kappa shape index (κ2) is 11.0. The molecule has 0 aliphatic rings. The van der Waals surface area contributed by atoms with E-state index in [1.54, 1.807) is 58.3 Å². The molecular weight excluding hydrogens is 766 g/mol. The van der Waals surface area contributed by atoms with Gasteiger partial charge in [0.25, 0.3) is 10.0 Å². The second-order valence-electron chi connectivity index (χ2n) is 9.25. The van der Waals surface area contributed by atoms with Gasteiger partial charge in [-0.1, -0.05) is 18.2 Å². The van der Waals surface area contributed by atoms with Gasteiger partial charge >= 0.3 is 0 Å². The number of hydrogen-bond acceptors (Lipinski definition) is 6. The van der Waals surface area contributed by atoms with Gasteiger partial charge in [0.2, 0.25) is 0 Å². The van der Waals surface area contributed by atoms with Gasteiger partial charge < -0.3 is 4.98 Å². The van der Waals surface area contributed by atoms with Gasteiger partial charge in [-0.25, -0.2) is 22.4 Å². The number of rotatable bonds is 4. The van der Waals surface area contributed by atoms with Crippen LogP contribution in [0.25, 0.3) is 44.3 Å². The van der Waals surface area contributed by atoms with Crippen molar-refractivity contribution in [2.45, 2.75) is 4.90 Å². The smallest absolute Gasteiger partial charge is 0.269 e. The third-order valence-electron chi connectivity index (χ3n) is 6.42. The molecule has 0 aliphatic carbocycles. The molecule has 0 unspecified atom stereocenters. The molecule has 1 N–H and O–H groups in total. The van der Waals surface area contributed by atoms with E-state index in [2.05, 4.69) is 76.4 Å². The van der Waals surface area contributed by atoms with Crippen LogP contribution in [0.15, 0.2) is 96.9 Å². The molecule has 41 heavy (non-hydrogen) atoms. The van der Waals surface area contributed by atoms with Crippen molar-refractivity contribution < 1.29 is 8.42 Å². The predicted molar refractivity (Wildman–Crippen MR) is 175 cm³/mol. The number of pyridine rings is 2. The standard InChI is InChI=1S/C17H13IN4O2S.C11H9IN4/c1-21-10-13(9-20-21)12-7-15-16(18)11-22(17(15)19-8-12)25(23,24)14-5-3-2-4-6-14;1-16-6-8(4-15-16)7-2-9-10(12)5-14-11(9)13-3-7/h2-11H,1H3;2-6H,1H3,(H,13,14). The van der Waals surface area contributed by atoms with E-state index in [0.717, 1.165) is 42.2 Å². The van der Waals surface area contributed by atoms with Gasteiger partial charge in [0.05, 0.1) is 17.3 Å². The molecule has 0 saturated carbocycles. The number of fused-ring (bicyclic) bond motifs is 2. The second-order valence-corrected chi connectivity index (χ2v) is 13.4. The number of nitrogens with one attached hydrogen (secondary N) is 1. The van der Waals surface area contributed by atoms with Gasteiger partial charge in [0.15, 0.2) is 5.65 Å². The fraction of sp³-hybridized carbons (Fsp3) is 0.0714. The number of aromatic amines is 1. The van der Waals surface area contributed by atoms with Gasteiger partial charge in [0.1, 0.15) is 5.65 Å². The summed E-state index contributed by atoms with van der Waals surface area (Å²) in [5.41, 5.74) is 5.37. The fourth-order valence-corrected chi connectivity index (χ4v) is 7.14. The number of benzene rings is 1. The fourth-order valence-electron chi connectivity index (χ4n) is 4.36. The maximum Gasteiger partial charge on any atom is 0.269 e. The van der Waals surface area contributed by atoms with Crippen molar-refractivity contribution in [1.29, 1.82) is 0 Å². The summed E-state index contributed by atoms with van der Waals surface area (Å²) in [4.78, 5) is 12.2. The molecule has 0 aliphatic heterocycles. The lowest BCUT2D eigenvalue weighted by Gasteiger charge is -2.07. The Morgan fingerprint density at radius 2 is 1.34 bits per heavy atom. The molecule has 0 saturated heterocycles. The third kappa shape index (κ3) is 5.40. The average molecular weight is 788 g/mol. The molecule has 0 fully saturated rings. The molecule has 0 atom stereocenters. The maximum absolute atomic E-state index is 12.9. The van der Waals surface area contributed by atoms with E-state index in [9.17, 15) is 8.42 Å². The van der Waals surface area contributed by atoms with Crippen molar-refractivity contribution >= 4 is 77.3 Å². The van der Waals surface area contributed by atoms with Crippen LogP contribution in [-0.2, 0) is 24.1 Å². The molecule has 0 bridgehead atoms. The van der Waals surface area contributed by atoms with Crippen molar-refractivity contribution in [3.05, 3.63) is 99.2 Å². The predicted octanol–water partition coefficient (Wildman–Crippen LogP) is 5.85. The summed E-state index contributed by atoms with van der Waals surface area (Å²) in [7, 11) is 0.0763. The van der Waals surface area contributed by atoms with E-state index in [4.69, 9.17) is 0 Å². The first-order valence-electron chi connectivity index (χ1n) is 12.3. The van der Waals surface area contributed by atoms with Crippen molar-refractivity contribution in [2.24, 2.45) is 14.1 Å². The van der Waals surface area contributed by atoms with E-state index in [1.165, 1.54) is 7.54 Å². The Morgan fingerprint density at radius 3 is 1.95 bits per heavy atom. The Balaban J connectivity index is 0.000000162. The van der Waals surface area contributed by atoms with Gasteiger partial charge in [-0.05, 0) is 69.4 Å². The minimum absolute atomic E-state index is 0.237. The van der Waals surface area contributed by atoms with Crippen LogP contribution < -0.4 is 0 Å². The summed E-state index contributed by atoms with van der Waals surface area (Å²) in [6.45, 7) is 0. The summed E-state index contributed by atoms with van der Waals surface area (Å²) in [5.74, 6) is 0. The van der Waals surface area contributed by atoms with Gasteiger partial charge in [0, 0.05) is 91.4 Å². The lowest BCUT2D eigenvalue weighted by molar-refractivity contribution is 0.588. The molecule has 13 heteroatoms. The summed E-state index contributed by atoms with van der Waals surface area (Å²) in [5, 5.41) is 10.3. The van der Waals surface area contributed by atoms with Crippen molar-refractivity contribution in [3.8, 4) is 22.3 Å². The first-order chi connectivity index (χ1) is 19.7. The van der Waals surface area contributed by atoms with Crippen LogP contribution in [0.2, 0.25) is 0 Å². The number of H-pyrrole nitrogens is 1. The molecule has 10 nitrogen and oxygen atoms in total. The molecule has 1 aromatic carbocycles. The summed E-state index contributed by atoms with van der Waals surface area (Å²) in [6.07, 6.45) is 14.6.